The molecule has 0 aliphatic carbocycles. The highest BCUT2D eigenvalue weighted by Crippen LogP contribution is 2.18. The van der Waals surface area contributed by atoms with Crippen molar-refractivity contribution in [3.63, 3.8) is 0 Å². The number of aryl methyl sites for hydroxylation is 2. The van der Waals surface area contributed by atoms with Crippen LogP contribution in [0.3, 0.4) is 0 Å². The topological polar surface area (TPSA) is 70.5 Å². The minimum absolute atomic E-state index is 0.0418. The van der Waals surface area contributed by atoms with Gasteiger partial charge in [-0.1, -0.05) is 25.5 Å². The summed E-state index contributed by atoms with van der Waals surface area (Å²) in [7, 11) is 0. The zero-order chi connectivity index (χ0) is 22.2. The van der Waals surface area contributed by atoms with Crippen molar-refractivity contribution in [1.82, 2.24) is 20.0 Å². The van der Waals surface area contributed by atoms with Gasteiger partial charge in [0.2, 0.25) is 0 Å². The Labute approximate surface area is 185 Å². The fourth-order valence-corrected chi connectivity index (χ4v) is 3.84. The number of hydrogen-bond acceptors (Lipinski definition) is 5. The summed E-state index contributed by atoms with van der Waals surface area (Å²) in [5.74, 6) is -0.220. The maximum atomic E-state index is 12.6. The van der Waals surface area contributed by atoms with Gasteiger partial charge in [0.05, 0.1) is 0 Å². The van der Waals surface area contributed by atoms with Crippen LogP contribution in [0, 0.1) is 6.92 Å². The third-order valence-electron chi connectivity index (χ3n) is 5.82. The molecule has 7 nitrogen and oxygen atoms in total. The first-order chi connectivity index (χ1) is 15.0. The number of aromatic nitrogens is 2. The van der Waals surface area contributed by atoms with E-state index in [-0.39, 0.29) is 17.5 Å². The van der Waals surface area contributed by atoms with Gasteiger partial charge >= 0.3 is 0 Å². The lowest BCUT2D eigenvalue weighted by Crippen LogP contribution is -2.47. The summed E-state index contributed by atoms with van der Waals surface area (Å²) in [5, 5.41) is 7.26. The van der Waals surface area contributed by atoms with Crippen molar-refractivity contribution in [3.8, 4) is 0 Å². The van der Waals surface area contributed by atoms with Gasteiger partial charge in [-0.25, -0.2) is 4.68 Å². The number of piperazine rings is 1. The molecule has 0 spiro atoms. The van der Waals surface area contributed by atoms with E-state index < -0.39 is 0 Å². The van der Waals surface area contributed by atoms with Crippen LogP contribution < -0.4 is 15.8 Å². The molecular weight excluding hydrogens is 390 g/mol. The molecule has 2 heterocycles. The predicted octanol–water partition coefficient (Wildman–Crippen LogP) is 2.68. The van der Waals surface area contributed by atoms with Crippen LogP contribution in [0.1, 0.15) is 49.2 Å². The Morgan fingerprint density at radius 1 is 1.13 bits per heavy atom. The van der Waals surface area contributed by atoms with Gasteiger partial charge in [-0.2, -0.15) is 5.10 Å². The minimum Gasteiger partial charge on any atom is -0.369 e. The lowest BCUT2D eigenvalue weighted by molar-refractivity contribution is 0.0927. The molecule has 1 aromatic carbocycles. The minimum atomic E-state index is -0.220. The second kappa shape index (κ2) is 11.1. The summed E-state index contributed by atoms with van der Waals surface area (Å²) in [6.07, 6.45) is 2.72. The molecule has 31 heavy (non-hydrogen) atoms. The third kappa shape index (κ3) is 6.66. The van der Waals surface area contributed by atoms with Crippen LogP contribution >= 0.6 is 0 Å². The van der Waals surface area contributed by atoms with E-state index in [1.165, 1.54) is 28.1 Å². The number of carbonyl (C=O) groups excluding carboxylic acids is 1. The van der Waals surface area contributed by atoms with Crippen molar-refractivity contribution < 1.29 is 4.79 Å². The van der Waals surface area contributed by atoms with E-state index in [0.717, 1.165) is 52.0 Å². The monoisotopic (exact) mass is 425 g/mol. The Balaban J connectivity index is 1.44. The average molecular weight is 426 g/mol. The van der Waals surface area contributed by atoms with E-state index in [2.05, 4.69) is 58.3 Å². The Hall–Kier alpha value is -2.67. The second-order valence-electron chi connectivity index (χ2n) is 8.46. The number of amides is 1. The Kier molecular flexibility index (Phi) is 8.23. The van der Waals surface area contributed by atoms with Crippen LogP contribution in [0.4, 0.5) is 5.69 Å². The molecule has 1 aliphatic rings. The molecule has 168 valence electrons. The van der Waals surface area contributed by atoms with Crippen LogP contribution in [0.15, 0.2) is 41.2 Å². The molecule has 1 amide bonds. The van der Waals surface area contributed by atoms with Gasteiger partial charge in [-0.15, -0.1) is 0 Å². The van der Waals surface area contributed by atoms with E-state index in [9.17, 15) is 9.59 Å². The van der Waals surface area contributed by atoms with E-state index in [1.54, 1.807) is 0 Å². The second-order valence-corrected chi connectivity index (χ2v) is 8.46. The number of nitrogens with zero attached hydrogens (tertiary/aromatic N) is 4. The molecule has 7 heteroatoms. The lowest BCUT2D eigenvalue weighted by atomic mass is 10.1. The zero-order valence-electron chi connectivity index (χ0n) is 19.0. The molecule has 1 unspecified atom stereocenters. The summed E-state index contributed by atoms with van der Waals surface area (Å²) in [6.45, 7) is 11.8. The predicted molar refractivity (Wildman–Crippen MR) is 125 cm³/mol. The summed E-state index contributed by atoms with van der Waals surface area (Å²) in [6, 6.07) is 11.6. The molecule has 1 N–H and O–H groups in total. The first-order valence-electron chi connectivity index (χ1n) is 11.4. The van der Waals surface area contributed by atoms with Gasteiger partial charge in [-0.05, 0) is 50.5 Å². The summed E-state index contributed by atoms with van der Waals surface area (Å²) < 4.78 is 1.39. The SMILES string of the molecule is CCCCn1nc(C(=O)NC(C)CCN2CCN(c3cccc(C)c3)CC2)ccc1=O. The smallest absolute Gasteiger partial charge is 0.271 e. The molecular formula is C24H35N5O2. The summed E-state index contributed by atoms with van der Waals surface area (Å²) >= 11 is 0. The van der Waals surface area contributed by atoms with Crippen LogP contribution in [-0.2, 0) is 6.54 Å². The van der Waals surface area contributed by atoms with Crippen molar-refractivity contribution in [2.24, 2.45) is 0 Å². The number of nitrogens with one attached hydrogen (secondary N) is 1. The summed E-state index contributed by atoms with van der Waals surface area (Å²) in [5.41, 5.74) is 2.73. The number of carbonyl (C=O) groups is 1. The quantitative estimate of drug-likeness (QED) is 0.669. The molecule has 0 saturated carbocycles. The number of benzene rings is 1. The molecule has 3 rings (SSSR count). The van der Waals surface area contributed by atoms with Crippen molar-refractivity contribution in [2.45, 2.75) is 52.6 Å². The van der Waals surface area contributed by atoms with Gasteiger partial charge in [0.1, 0.15) is 5.69 Å². The van der Waals surface area contributed by atoms with Gasteiger partial charge in [0.25, 0.3) is 11.5 Å². The highest BCUT2D eigenvalue weighted by Gasteiger charge is 2.19. The van der Waals surface area contributed by atoms with Crippen LogP contribution in [0.2, 0.25) is 0 Å². The molecule has 1 atom stereocenters. The number of rotatable bonds is 9. The van der Waals surface area contributed by atoms with E-state index >= 15 is 0 Å². The largest absolute Gasteiger partial charge is 0.369 e. The van der Waals surface area contributed by atoms with Gasteiger partial charge in [-0.3, -0.25) is 14.5 Å². The van der Waals surface area contributed by atoms with Crippen molar-refractivity contribution in [2.75, 3.05) is 37.6 Å². The Morgan fingerprint density at radius 2 is 1.90 bits per heavy atom. The highest BCUT2D eigenvalue weighted by atomic mass is 16.2. The van der Waals surface area contributed by atoms with Gasteiger partial charge < -0.3 is 10.2 Å². The molecule has 2 aromatic rings. The Bertz CT molecular complexity index is 918. The highest BCUT2D eigenvalue weighted by molar-refractivity contribution is 5.92. The molecule has 1 aromatic heterocycles. The van der Waals surface area contributed by atoms with Crippen molar-refractivity contribution >= 4 is 11.6 Å². The number of anilines is 1. The standard InChI is InChI=1S/C24H35N5O2/c1-4-5-12-29-23(30)10-9-22(26-29)24(31)25-20(3)11-13-27-14-16-28(17-15-27)21-8-6-7-19(2)18-21/h6-10,18,20H,4-5,11-17H2,1-3H3,(H,25,31). The average Bonchev–Trinajstić information content (AvgIpc) is 2.77. The molecule has 1 saturated heterocycles. The molecule has 1 aliphatic heterocycles. The van der Waals surface area contributed by atoms with Crippen molar-refractivity contribution in [1.29, 1.82) is 0 Å². The number of unbranched alkanes of at least 4 members (excludes halogenated alkanes) is 1. The Morgan fingerprint density at radius 3 is 2.61 bits per heavy atom. The lowest BCUT2D eigenvalue weighted by Gasteiger charge is -2.36. The van der Waals surface area contributed by atoms with E-state index in [4.69, 9.17) is 0 Å². The normalized spacial score (nSPS) is 15.6. The van der Waals surface area contributed by atoms with E-state index in [1.807, 2.05) is 6.92 Å². The maximum absolute atomic E-state index is 12.6. The first kappa shape index (κ1) is 23.0. The number of hydrogen-bond donors (Lipinski definition) is 1. The van der Waals surface area contributed by atoms with Gasteiger partial charge in [0.15, 0.2) is 0 Å². The third-order valence-corrected chi connectivity index (χ3v) is 5.82. The van der Waals surface area contributed by atoms with E-state index in [0.29, 0.717) is 12.2 Å². The zero-order valence-corrected chi connectivity index (χ0v) is 19.0. The van der Waals surface area contributed by atoms with Crippen LogP contribution in [-0.4, -0.2) is 59.4 Å². The molecule has 0 radical (unpaired) electrons. The fraction of sp³-hybridized carbons (Fsp3) is 0.542. The van der Waals surface area contributed by atoms with Crippen LogP contribution in [0.25, 0.3) is 0 Å². The van der Waals surface area contributed by atoms with Crippen LogP contribution in [0.5, 0.6) is 0 Å². The first-order valence-corrected chi connectivity index (χ1v) is 11.4. The maximum Gasteiger partial charge on any atom is 0.271 e. The molecule has 0 bridgehead atoms. The summed E-state index contributed by atoms with van der Waals surface area (Å²) in [4.78, 5) is 29.3. The van der Waals surface area contributed by atoms with Crippen molar-refractivity contribution in [3.05, 3.63) is 58.0 Å². The molecule has 1 fully saturated rings. The van der Waals surface area contributed by atoms with Gasteiger partial charge in [0, 0.05) is 57.1 Å². The fourth-order valence-electron chi connectivity index (χ4n) is 3.84.